The first-order chi connectivity index (χ1) is 9.36. The summed E-state index contributed by atoms with van der Waals surface area (Å²) in [5.74, 6) is -0.0382. The molecule has 112 valence electrons. The Morgan fingerprint density at radius 2 is 2.00 bits per heavy atom. The van der Waals surface area contributed by atoms with Crippen LogP contribution >= 0.6 is 15.9 Å². The van der Waals surface area contributed by atoms with Crippen LogP contribution in [0.25, 0.3) is 0 Å². The van der Waals surface area contributed by atoms with Crippen molar-refractivity contribution >= 4 is 31.6 Å². The molecule has 7 heteroatoms. The maximum Gasteiger partial charge on any atom is 0.244 e. The zero-order chi connectivity index (χ0) is 14.9. The summed E-state index contributed by atoms with van der Waals surface area (Å²) >= 11 is 3.11. The number of hydrogen-bond acceptors (Lipinski definition) is 3. The van der Waals surface area contributed by atoms with Gasteiger partial charge in [-0.1, -0.05) is 13.3 Å². The van der Waals surface area contributed by atoms with Crippen molar-refractivity contribution in [2.75, 3.05) is 18.8 Å². The summed E-state index contributed by atoms with van der Waals surface area (Å²) in [5, 5.41) is 0. The summed E-state index contributed by atoms with van der Waals surface area (Å²) < 4.78 is 40.2. The van der Waals surface area contributed by atoms with Crippen LogP contribution in [0.2, 0.25) is 0 Å². The highest BCUT2D eigenvalue weighted by molar-refractivity contribution is 9.10. The molecule has 1 aliphatic heterocycles. The molecule has 1 heterocycles. The summed E-state index contributed by atoms with van der Waals surface area (Å²) in [4.78, 5) is 0.0337. The molecule has 0 amide bonds. The molecule has 1 aromatic carbocycles. The first kappa shape index (κ1) is 15.7. The minimum atomic E-state index is -3.62. The van der Waals surface area contributed by atoms with Gasteiger partial charge in [0, 0.05) is 17.6 Å². The second-order valence-corrected chi connectivity index (χ2v) is 7.82. The van der Waals surface area contributed by atoms with Crippen molar-refractivity contribution in [3.8, 4) is 0 Å². The van der Waals surface area contributed by atoms with Crippen LogP contribution in [0.4, 0.5) is 10.1 Å². The van der Waals surface area contributed by atoms with Crippen molar-refractivity contribution in [1.29, 1.82) is 0 Å². The fourth-order valence-electron chi connectivity index (χ4n) is 2.44. The third-order valence-electron chi connectivity index (χ3n) is 3.82. The quantitative estimate of drug-likeness (QED) is 0.838. The molecule has 2 N–H and O–H groups in total. The Bertz CT molecular complexity index is 599. The van der Waals surface area contributed by atoms with Gasteiger partial charge in [0.25, 0.3) is 0 Å². The molecule has 1 aliphatic rings. The minimum absolute atomic E-state index is 0.0337. The molecule has 20 heavy (non-hydrogen) atoms. The normalized spacial score (nSPS) is 18.4. The highest BCUT2D eigenvalue weighted by atomic mass is 79.9. The fourth-order valence-corrected chi connectivity index (χ4v) is 4.92. The van der Waals surface area contributed by atoms with Crippen molar-refractivity contribution in [3.05, 3.63) is 22.4 Å². The summed E-state index contributed by atoms with van der Waals surface area (Å²) in [6, 6.07) is 2.28. The predicted molar refractivity (Wildman–Crippen MR) is 80.3 cm³/mol. The molecule has 1 aromatic rings. The van der Waals surface area contributed by atoms with Crippen molar-refractivity contribution < 1.29 is 12.8 Å². The third-order valence-corrected chi connectivity index (χ3v) is 6.68. The molecule has 2 rings (SSSR count). The number of nitrogen functional groups attached to an aromatic ring is 1. The van der Waals surface area contributed by atoms with E-state index in [1.54, 1.807) is 0 Å². The minimum Gasteiger partial charge on any atom is -0.396 e. The second kappa shape index (κ2) is 5.99. The lowest BCUT2D eigenvalue weighted by molar-refractivity contribution is 0.269. The zero-order valence-corrected chi connectivity index (χ0v) is 13.7. The van der Waals surface area contributed by atoms with Crippen molar-refractivity contribution in [2.24, 2.45) is 5.92 Å². The molecule has 0 aromatic heterocycles. The van der Waals surface area contributed by atoms with Gasteiger partial charge in [0.05, 0.1) is 10.6 Å². The first-order valence-corrected chi connectivity index (χ1v) is 8.84. The van der Waals surface area contributed by atoms with Gasteiger partial charge in [-0.05, 0) is 46.8 Å². The van der Waals surface area contributed by atoms with E-state index in [1.165, 1.54) is 10.4 Å². The molecule has 0 bridgehead atoms. The Labute approximate surface area is 127 Å². The highest BCUT2D eigenvalue weighted by Gasteiger charge is 2.30. The number of piperidine rings is 1. The van der Waals surface area contributed by atoms with Gasteiger partial charge in [-0.15, -0.1) is 0 Å². The lowest BCUT2D eigenvalue weighted by atomic mass is 9.96. The summed E-state index contributed by atoms with van der Waals surface area (Å²) in [6.07, 6.45) is 2.80. The Kier molecular flexibility index (Phi) is 4.71. The van der Waals surface area contributed by atoms with Crippen LogP contribution in [0.5, 0.6) is 0 Å². The van der Waals surface area contributed by atoms with E-state index in [0.29, 0.717) is 19.0 Å². The topological polar surface area (TPSA) is 63.4 Å². The van der Waals surface area contributed by atoms with Crippen LogP contribution in [-0.4, -0.2) is 25.8 Å². The van der Waals surface area contributed by atoms with Crippen LogP contribution < -0.4 is 5.73 Å². The largest absolute Gasteiger partial charge is 0.396 e. The first-order valence-electron chi connectivity index (χ1n) is 6.61. The second-order valence-electron chi connectivity index (χ2n) is 5.06. The number of rotatable bonds is 3. The van der Waals surface area contributed by atoms with Gasteiger partial charge >= 0.3 is 0 Å². The molecule has 0 saturated carbocycles. The molecular formula is C13H18BrFN2O2S. The monoisotopic (exact) mass is 364 g/mol. The van der Waals surface area contributed by atoms with E-state index in [0.717, 1.165) is 25.3 Å². The number of nitrogens with zero attached hydrogens (tertiary/aromatic N) is 1. The van der Waals surface area contributed by atoms with Crippen LogP contribution in [-0.2, 0) is 10.0 Å². The molecule has 0 spiro atoms. The van der Waals surface area contributed by atoms with Gasteiger partial charge in [-0.3, -0.25) is 0 Å². The van der Waals surface area contributed by atoms with Gasteiger partial charge in [-0.2, -0.15) is 4.31 Å². The SMILES string of the molecule is CCC1CCN(S(=O)(=O)c2cc(N)c(F)cc2Br)CC1. The van der Waals surface area contributed by atoms with Crippen molar-refractivity contribution in [2.45, 2.75) is 31.1 Å². The average Bonchev–Trinajstić information content (AvgIpc) is 2.42. The van der Waals surface area contributed by atoms with E-state index in [1.807, 2.05) is 0 Å². The third kappa shape index (κ3) is 2.99. The smallest absolute Gasteiger partial charge is 0.244 e. The van der Waals surface area contributed by atoms with E-state index in [9.17, 15) is 12.8 Å². The highest BCUT2D eigenvalue weighted by Crippen LogP contribution is 2.31. The van der Waals surface area contributed by atoms with E-state index < -0.39 is 15.8 Å². The molecule has 0 radical (unpaired) electrons. The van der Waals surface area contributed by atoms with Gasteiger partial charge in [-0.25, -0.2) is 12.8 Å². The van der Waals surface area contributed by atoms with Crippen LogP contribution in [0.1, 0.15) is 26.2 Å². The maximum atomic E-state index is 13.3. The maximum absolute atomic E-state index is 13.3. The van der Waals surface area contributed by atoms with E-state index in [-0.39, 0.29) is 15.1 Å². The Morgan fingerprint density at radius 3 is 2.55 bits per heavy atom. The average molecular weight is 365 g/mol. The Balaban J connectivity index is 2.30. The number of anilines is 1. The molecule has 0 unspecified atom stereocenters. The molecular weight excluding hydrogens is 347 g/mol. The van der Waals surface area contributed by atoms with Gasteiger partial charge in [0.1, 0.15) is 5.82 Å². The molecule has 1 saturated heterocycles. The lowest BCUT2D eigenvalue weighted by Gasteiger charge is -2.31. The number of benzene rings is 1. The van der Waals surface area contributed by atoms with Gasteiger partial charge in [0.2, 0.25) is 10.0 Å². The standard InChI is InChI=1S/C13H18BrFN2O2S/c1-2-9-3-5-17(6-4-9)20(18,19)13-8-12(16)11(15)7-10(13)14/h7-9H,2-6,16H2,1H3. The Morgan fingerprint density at radius 1 is 1.40 bits per heavy atom. The van der Waals surface area contributed by atoms with Crippen molar-refractivity contribution in [1.82, 2.24) is 4.31 Å². The van der Waals surface area contributed by atoms with Crippen LogP contribution in [0, 0.1) is 11.7 Å². The Hall–Kier alpha value is -0.660. The summed E-state index contributed by atoms with van der Waals surface area (Å²) in [5.41, 5.74) is 5.32. The number of nitrogens with two attached hydrogens (primary N) is 1. The number of sulfonamides is 1. The van der Waals surface area contributed by atoms with Crippen molar-refractivity contribution in [3.63, 3.8) is 0 Å². The van der Waals surface area contributed by atoms with Crippen LogP contribution in [0.3, 0.4) is 0 Å². The summed E-state index contributed by atoms with van der Waals surface area (Å²) in [6.45, 7) is 3.13. The number of hydrogen-bond donors (Lipinski definition) is 1. The molecule has 4 nitrogen and oxygen atoms in total. The lowest BCUT2D eigenvalue weighted by Crippen LogP contribution is -2.38. The van der Waals surface area contributed by atoms with E-state index in [2.05, 4.69) is 22.9 Å². The van der Waals surface area contributed by atoms with Gasteiger partial charge < -0.3 is 5.73 Å². The fraction of sp³-hybridized carbons (Fsp3) is 0.538. The predicted octanol–water partition coefficient (Wildman–Crippen LogP) is 2.98. The molecule has 0 aliphatic carbocycles. The van der Waals surface area contributed by atoms with E-state index >= 15 is 0 Å². The van der Waals surface area contributed by atoms with Crippen LogP contribution in [0.15, 0.2) is 21.5 Å². The van der Waals surface area contributed by atoms with E-state index in [4.69, 9.17) is 5.73 Å². The van der Waals surface area contributed by atoms with Gasteiger partial charge in [0.15, 0.2) is 0 Å². The number of halogens is 2. The zero-order valence-electron chi connectivity index (χ0n) is 11.3. The summed E-state index contributed by atoms with van der Waals surface area (Å²) in [7, 11) is -3.62. The molecule has 1 fully saturated rings. The molecule has 0 atom stereocenters.